The van der Waals surface area contributed by atoms with Crippen LogP contribution in [0, 0.1) is 11.3 Å². The Morgan fingerprint density at radius 3 is 2.92 bits per heavy atom. The molecule has 2 N–H and O–H groups in total. The van der Waals surface area contributed by atoms with Crippen molar-refractivity contribution in [1.82, 2.24) is 19.9 Å². The van der Waals surface area contributed by atoms with E-state index in [9.17, 15) is 9.90 Å². The van der Waals surface area contributed by atoms with Crippen LogP contribution in [0.15, 0.2) is 16.9 Å². The van der Waals surface area contributed by atoms with Gasteiger partial charge in [0.1, 0.15) is 17.3 Å². The third-order valence-electron chi connectivity index (χ3n) is 4.53. The predicted octanol–water partition coefficient (Wildman–Crippen LogP) is -0.251. The molecule has 2 aromatic heterocycles. The number of aliphatic hydroxyl groups excluding tert-OH is 1. The Kier molecular flexibility index (Phi) is 4.46. The number of nitrogens with zero attached hydrogens (tertiary/aromatic N) is 5. The standard InChI is InChI=1S/C16H20N6O2/c1-3-10-8-22(12(9-23)7-18-10)15-14-13(21(2)16(24)20-15)5-4-11(6-17)19-14/h4-5,10,12,18,23H,3,7-9H2,1-2H3/t10?,12-/m1/s1. The summed E-state index contributed by atoms with van der Waals surface area (Å²) >= 11 is 0. The maximum absolute atomic E-state index is 12.3. The summed E-state index contributed by atoms with van der Waals surface area (Å²) in [6.45, 7) is 3.25. The van der Waals surface area contributed by atoms with Crippen molar-refractivity contribution in [2.24, 2.45) is 7.05 Å². The van der Waals surface area contributed by atoms with Gasteiger partial charge in [-0.2, -0.15) is 10.2 Å². The number of hydrogen-bond acceptors (Lipinski definition) is 7. The molecule has 1 saturated heterocycles. The van der Waals surface area contributed by atoms with E-state index in [1.165, 1.54) is 4.57 Å². The van der Waals surface area contributed by atoms with E-state index in [1.807, 2.05) is 11.0 Å². The van der Waals surface area contributed by atoms with Gasteiger partial charge in [-0.1, -0.05) is 6.92 Å². The highest BCUT2D eigenvalue weighted by Gasteiger charge is 2.30. The van der Waals surface area contributed by atoms with Crippen LogP contribution in [-0.4, -0.2) is 51.4 Å². The van der Waals surface area contributed by atoms with Crippen molar-refractivity contribution >= 4 is 16.9 Å². The number of piperazine rings is 1. The van der Waals surface area contributed by atoms with Crippen molar-refractivity contribution in [3.8, 4) is 6.07 Å². The molecule has 24 heavy (non-hydrogen) atoms. The number of aliphatic hydroxyl groups is 1. The van der Waals surface area contributed by atoms with Crippen molar-refractivity contribution < 1.29 is 5.11 Å². The number of rotatable bonds is 3. The number of fused-ring (bicyclic) bond motifs is 1. The number of aryl methyl sites for hydroxylation is 1. The first-order valence-corrected chi connectivity index (χ1v) is 7.97. The molecular weight excluding hydrogens is 308 g/mol. The van der Waals surface area contributed by atoms with Gasteiger partial charge < -0.3 is 15.3 Å². The molecule has 1 fully saturated rings. The number of anilines is 1. The van der Waals surface area contributed by atoms with Gasteiger partial charge in [0.25, 0.3) is 0 Å². The van der Waals surface area contributed by atoms with Crippen LogP contribution < -0.4 is 15.9 Å². The van der Waals surface area contributed by atoms with Crippen molar-refractivity contribution in [3.63, 3.8) is 0 Å². The van der Waals surface area contributed by atoms with E-state index in [-0.39, 0.29) is 30.1 Å². The smallest absolute Gasteiger partial charge is 0.349 e. The zero-order chi connectivity index (χ0) is 17.3. The minimum atomic E-state index is -0.382. The van der Waals surface area contributed by atoms with Crippen LogP contribution in [0.5, 0.6) is 0 Å². The van der Waals surface area contributed by atoms with Gasteiger partial charge in [0.15, 0.2) is 5.82 Å². The normalized spacial score (nSPS) is 21.0. The second kappa shape index (κ2) is 6.55. The minimum Gasteiger partial charge on any atom is -0.394 e. The molecule has 2 aromatic rings. The molecule has 1 aliphatic rings. The summed E-state index contributed by atoms with van der Waals surface area (Å²) in [4.78, 5) is 22.7. The van der Waals surface area contributed by atoms with Gasteiger partial charge in [0.2, 0.25) is 0 Å². The van der Waals surface area contributed by atoms with Gasteiger partial charge in [-0.05, 0) is 18.6 Å². The molecule has 8 heteroatoms. The third kappa shape index (κ3) is 2.72. The Morgan fingerprint density at radius 2 is 2.25 bits per heavy atom. The lowest BCUT2D eigenvalue weighted by Gasteiger charge is -2.40. The molecule has 2 atom stereocenters. The average Bonchev–Trinajstić information content (AvgIpc) is 2.63. The second-order valence-electron chi connectivity index (χ2n) is 5.96. The third-order valence-corrected chi connectivity index (χ3v) is 4.53. The summed E-state index contributed by atoms with van der Waals surface area (Å²) in [5.41, 5.74) is 1.01. The first-order chi connectivity index (χ1) is 11.6. The van der Waals surface area contributed by atoms with Crippen LogP contribution in [-0.2, 0) is 7.05 Å². The Bertz CT molecular complexity index is 856. The van der Waals surface area contributed by atoms with Crippen LogP contribution in [0.4, 0.5) is 5.82 Å². The summed E-state index contributed by atoms with van der Waals surface area (Å²) in [6, 6.07) is 5.37. The summed E-state index contributed by atoms with van der Waals surface area (Å²) in [5, 5.41) is 22.2. The Labute approximate surface area is 139 Å². The summed E-state index contributed by atoms with van der Waals surface area (Å²) in [7, 11) is 1.63. The highest BCUT2D eigenvalue weighted by molar-refractivity contribution is 5.86. The van der Waals surface area contributed by atoms with Crippen LogP contribution >= 0.6 is 0 Å². The van der Waals surface area contributed by atoms with Crippen LogP contribution in [0.3, 0.4) is 0 Å². The highest BCUT2D eigenvalue weighted by Crippen LogP contribution is 2.25. The molecule has 0 aliphatic carbocycles. The number of hydrogen-bond donors (Lipinski definition) is 2. The van der Waals surface area contributed by atoms with E-state index in [0.29, 0.717) is 29.9 Å². The van der Waals surface area contributed by atoms with Crippen LogP contribution in [0.25, 0.3) is 11.0 Å². The monoisotopic (exact) mass is 328 g/mol. The van der Waals surface area contributed by atoms with E-state index in [0.717, 1.165) is 6.42 Å². The largest absolute Gasteiger partial charge is 0.394 e. The minimum absolute atomic E-state index is 0.0558. The van der Waals surface area contributed by atoms with Crippen molar-refractivity contribution in [1.29, 1.82) is 5.26 Å². The number of nitriles is 1. The van der Waals surface area contributed by atoms with Crippen molar-refractivity contribution in [3.05, 3.63) is 28.3 Å². The lowest BCUT2D eigenvalue weighted by atomic mass is 10.1. The Morgan fingerprint density at radius 1 is 1.46 bits per heavy atom. The first kappa shape index (κ1) is 16.4. The van der Waals surface area contributed by atoms with Crippen LogP contribution in [0.1, 0.15) is 19.0 Å². The van der Waals surface area contributed by atoms with E-state index < -0.39 is 0 Å². The van der Waals surface area contributed by atoms with Crippen LogP contribution in [0.2, 0.25) is 0 Å². The maximum atomic E-state index is 12.3. The summed E-state index contributed by atoms with van der Waals surface area (Å²) in [5.74, 6) is 0.434. The summed E-state index contributed by atoms with van der Waals surface area (Å²) < 4.78 is 1.42. The molecule has 0 amide bonds. The molecule has 0 bridgehead atoms. The van der Waals surface area contributed by atoms with Crippen molar-refractivity contribution in [2.75, 3.05) is 24.6 Å². The van der Waals surface area contributed by atoms with Gasteiger partial charge >= 0.3 is 5.69 Å². The van der Waals surface area contributed by atoms with E-state index in [1.54, 1.807) is 19.2 Å². The molecule has 126 valence electrons. The topological polar surface area (TPSA) is 107 Å². The van der Waals surface area contributed by atoms with E-state index in [4.69, 9.17) is 5.26 Å². The van der Waals surface area contributed by atoms with E-state index in [2.05, 4.69) is 22.2 Å². The SMILES string of the molecule is CCC1CN(c2nc(=O)n(C)c3ccc(C#N)nc23)[C@@H](CO)CN1. The molecule has 0 saturated carbocycles. The van der Waals surface area contributed by atoms with Gasteiger partial charge in [-0.3, -0.25) is 4.57 Å². The highest BCUT2D eigenvalue weighted by atomic mass is 16.3. The zero-order valence-corrected chi connectivity index (χ0v) is 13.7. The Balaban J connectivity index is 2.21. The first-order valence-electron chi connectivity index (χ1n) is 7.97. The zero-order valence-electron chi connectivity index (χ0n) is 13.7. The van der Waals surface area contributed by atoms with E-state index >= 15 is 0 Å². The number of nitrogens with one attached hydrogen (secondary N) is 1. The Hall–Kier alpha value is -2.50. The maximum Gasteiger partial charge on any atom is 0.349 e. The van der Waals surface area contributed by atoms with Gasteiger partial charge in [-0.25, -0.2) is 9.78 Å². The fourth-order valence-corrected chi connectivity index (χ4v) is 3.03. The fourth-order valence-electron chi connectivity index (χ4n) is 3.03. The fraction of sp³-hybridized carbons (Fsp3) is 0.500. The van der Waals surface area contributed by atoms with Gasteiger partial charge in [-0.15, -0.1) is 0 Å². The number of aromatic nitrogens is 3. The van der Waals surface area contributed by atoms with Crippen molar-refractivity contribution in [2.45, 2.75) is 25.4 Å². The molecule has 3 heterocycles. The second-order valence-corrected chi connectivity index (χ2v) is 5.96. The molecule has 0 aromatic carbocycles. The van der Waals surface area contributed by atoms with Gasteiger partial charge in [0.05, 0.1) is 18.2 Å². The quantitative estimate of drug-likeness (QED) is 0.800. The molecule has 1 unspecified atom stereocenters. The molecular formula is C16H20N6O2. The molecule has 0 spiro atoms. The van der Waals surface area contributed by atoms with Gasteiger partial charge in [0, 0.05) is 26.2 Å². The number of pyridine rings is 1. The molecule has 0 radical (unpaired) electrons. The summed E-state index contributed by atoms with van der Waals surface area (Å²) in [6.07, 6.45) is 0.925. The molecule has 8 nitrogen and oxygen atoms in total. The molecule has 3 rings (SSSR count). The lowest BCUT2D eigenvalue weighted by molar-refractivity contribution is 0.233. The average molecular weight is 328 g/mol. The predicted molar refractivity (Wildman–Crippen MR) is 89.8 cm³/mol. The lowest BCUT2D eigenvalue weighted by Crippen LogP contribution is -2.58. The molecule has 1 aliphatic heterocycles.